The molecule has 0 unspecified atom stereocenters. The van der Waals surface area contributed by atoms with Gasteiger partial charge in [0.15, 0.2) is 0 Å². The lowest BCUT2D eigenvalue weighted by atomic mass is 9.75. The molecule has 16 rings (SSSR count). The van der Waals surface area contributed by atoms with Crippen LogP contribution in [0.25, 0.3) is 144 Å². The van der Waals surface area contributed by atoms with Crippen molar-refractivity contribution in [3.05, 3.63) is 239 Å². The third-order valence-corrected chi connectivity index (χ3v) is 21.3. The molecule has 0 nitrogen and oxygen atoms in total. The van der Waals surface area contributed by atoms with Gasteiger partial charge in [-0.2, -0.15) is 0 Å². The van der Waals surface area contributed by atoms with E-state index in [1.54, 1.807) is 0 Å². The van der Waals surface area contributed by atoms with E-state index >= 15 is 0 Å². The molecule has 12 aromatic carbocycles. The highest BCUT2D eigenvalue weighted by Gasteiger charge is 2.44. The number of fused-ring (bicyclic) bond motifs is 14. The zero-order valence-electron chi connectivity index (χ0n) is 54.5. The highest BCUT2D eigenvalue weighted by molar-refractivity contribution is 6.36. The fourth-order valence-electron chi connectivity index (χ4n) is 16.5. The van der Waals surface area contributed by atoms with Crippen LogP contribution < -0.4 is 0 Å². The molecule has 88 heavy (non-hydrogen) atoms. The fourth-order valence-corrected chi connectivity index (χ4v) is 16.5. The van der Waals surface area contributed by atoms with Gasteiger partial charge in [-0.05, 0) is 222 Å². The van der Waals surface area contributed by atoms with Crippen LogP contribution in [0.3, 0.4) is 0 Å². The first-order valence-electron chi connectivity index (χ1n) is 32.3. The van der Waals surface area contributed by atoms with E-state index in [0.717, 1.165) is 0 Å². The molecule has 12 aromatic rings. The fraction of sp³-hybridized carbons (Fsp3) is 0.250. The maximum atomic E-state index is 2.61. The summed E-state index contributed by atoms with van der Waals surface area (Å²) >= 11 is 0. The maximum Gasteiger partial charge on any atom is 0.0159 e. The lowest BCUT2D eigenvalue weighted by Crippen LogP contribution is -2.19. The maximum absolute atomic E-state index is 2.61. The lowest BCUT2D eigenvalue weighted by molar-refractivity contribution is 0.579. The molecule has 4 aliphatic carbocycles. The van der Waals surface area contributed by atoms with E-state index in [9.17, 15) is 0 Å². The molecule has 0 saturated carbocycles. The minimum absolute atomic E-state index is 0.0137. The molecule has 0 heterocycles. The van der Waals surface area contributed by atoms with Crippen molar-refractivity contribution in [3.8, 4) is 111 Å². The third-order valence-electron chi connectivity index (χ3n) is 21.3. The second-order valence-corrected chi connectivity index (χ2v) is 31.6. The molecule has 0 aliphatic heterocycles. The number of hydrogen-bond donors (Lipinski definition) is 0. The van der Waals surface area contributed by atoms with Crippen molar-refractivity contribution in [2.24, 2.45) is 0 Å². The average molecular weight is 1140 g/mol. The van der Waals surface area contributed by atoms with Crippen molar-refractivity contribution in [1.82, 2.24) is 0 Å². The second kappa shape index (κ2) is 18.0. The number of rotatable bonds is 4. The Labute approximate surface area is 522 Å². The first-order valence-corrected chi connectivity index (χ1v) is 32.3. The quantitative estimate of drug-likeness (QED) is 0.165. The van der Waals surface area contributed by atoms with Gasteiger partial charge in [0, 0.05) is 10.8 Å². The van der Waals surface area contributed by atoms with Gasteiger partial charge in [-0.15, -0.1) is 0 Å². The molecule has 432 valence electrons. The minimum Gasteiger partial charge on any atom is -0.0622 e. The van der Waals surface area contributed by atoms with E-state index in [4.69, 9.17) is 0 Å². The molecule has 0 amide bonds. The Bertz CT molecular complexity index is 4740. The summed E-state index contributed by atoms with van der Waals surface area (Å²) in [6.07, 6.45) is 0. The standard InChI is InChI=1S/C88H80/c1-83(2,3)51-35-37-59-67(45-51)87(13,14)69-47-53(85(7,8)9)43-65(73(59)69)75-57-33-25-23-31-55(57)71(49-27-19-17-20-28-49)79-61-39-40-62-78-64(42-41-63(77(61)78)81(75)79)82-76(58-34-26-24-32-56(58)72(80(62)82)50-29-21-18-22-30-50)66-44-54(86(10,11)12)48-70-74(66)60-38-36-52(84(4,5)6)46-68(60)88(70,15)16/h17-48H,1-16H3. The summed E-state index contributed by atoms with van der Waals surface area (Å²) in [6.45, 7) is 38.4. The van der Waals surface area contributed by atoms with E-state index in [1.165, 1.54) is 188 Å². The Hall–Kier alpha value is -8.58. The van der Waals surface area contributed by atoms with Gasteiger partial charge in [0.25, 0.3) is 0 Å². The Kier molecular flexibility index (Phi) is 11.2. The van der Waals surface area contributed by atoms with Gasteiger partial charge in [-0.3, -0.25) is 0 Å². The van der Waals surface area contributed by atoms with E-state index in [2.05, 4.69) is 305 Å². The highest BCUT2D eigenvalue weighted by Crippen LogP contribution is 2.67. The molecular weight excluding hydrogens is 1060 g/mol. The Balaban J connectivity index is 1.07. The molecule has 0 radical (unpaired) electrons. The van der Waals surface area contributed by atoms with Gasteiger partial charge in [0.05, 0.1) is 0 Å². The van der Waals surface area contributed by atoms with Crippen molar-refractivity contribution >= 4 is 32.3 Å². The molecule has 0 saturated heterocycles. The van der Waals surface area contributed by atoms with Crippen LogP contribution in [0.15, 0.2) is 194 Å². The predicted molar refractivity (Wildman–Crippen MR) is 379 cm³/mol. The van der Waals surface area contributed by atoms with Crippen LogP contribution in [0.2, 0.25) is 0 Å². The minimum atomic E-state index is -0.223. The first-order chi connectivity index (χ1) is 41.7. The molecule has 4 aliphatic rings. The molecule has 0 bridgehead atoms. The van der Waals surface area contributed by atoms with Gasteiger partial charge in [-0.25, -0.2) is 0 Å². The van der Waals surface area contributed by atoms with Crippen LogP contribution in [0, 0.1) is 0 Å². The zero-order valence-corrected chi connectivity index (χ0v) is 54.5. The highest BCUT2D eigenvalue weighted by atomic mass is 14.5. The van der Waals surface area contributed by atoms with Crippen LogP contribution in [-0.2, 0) is 32.5 Å². The monoisotopic (exact) mass is 1140 g/mol. The SMILES string of the molecule is CC(C)(C)c1ccc2c(c1)C(C)(C)c1cc(C(C)(C)C)cc(-c3c4c(c(-c5ccccc5)c5ccccc35)-c3ccc5c6c(ccc-4c36)-c3c-5c(-c4ccccc4)c4ccccc4c3-c3cc(C(C)(C)C)cc4c3-c3ccc(C(C)(C)C)cc3C4(C)C)c1-2. The number of hydrogen-bond acceptors (Lipinski definition) is 0. The van der Waals surface area contributed by atoms with Crippen LogP contribution >= 0.6 is 0 Å². The van der Waals surface area contributed by atoms with Crippen LogP contribution in [-0.4, -0.2) is 0 Å². The molecule has 0 aromatic heterocycles. The van der Waals surface area contributed by atoms with Crippen LogP contribution in [0.4, 0.5) is 0 Å². The smallest absolute Gasteiger partial charge is 0.0159 e. The zero-order chi connectivity index (χ0) is 61.3. The summed E-state index contributed by atoms with van der Waals surface area (Å²) in [5.41, 5.74) is 37.1. The summed E-state index contributed by atoms with van der Waals surface area (Å²) in [7, 11) is 0. The predicted octanol–water partition coefficient (Wildman–Crippen LogP) is 24.9. The molecule has 0 fully saturated rings. The lowest BCUT2D eigenvalue weighted by Gasteiger charge is -2.28. The van der Waals surface area contributed by atoms with Crippen LogP contribution in [0.5, 0.6) is 0 Å². The molecule has 0 spiro atoms. The van der Waals surface area contributed by atoms with Gasteiger partial charge in [0.1, 0.15) is 0 Å². The summed E-state index contributed by atoms with van der Waals surface area (Å²) in [5.74, 6) is 0. The third kappa shape index (κ3) is 7.51. The van der Waals surface area contributed by atoms with Gasteiger partial charge >= 0.3 is 0 Å². The van der Waals surface area contributed by atoms with E-state index in [0.29, 0.717) is 0 Å². The summed E-state index contributed by atoms with van der Waals surface area (Å²) in [4.78, 5) is 0. The first kappa shape index (κ1) is 54.8. The van der Waals surface area contributed by atoms with Crippen LogP contribution in [0.1, 0.15) is 155 Å². The molecule has 0 heteroatoms. The van der Waals surface area contributed by atoms with E-state index in [1.807, 2.05) is 0 Å². The van der Waals surface area contributed by atoms with Crippen molar-refractivity contribution in [2.45, 2.75) is 143 Å². The Morgan fingerprint density at radius 1 is 0.216 bits per heavy atom. The van der Waals surface area contributed by atoms with Gasteiger partial charge < -0.3 is 0 Å². The average Bonchev–Trinajstić information content (AvgIpc) is 1.50. The molecule has 0 N–H and O–H groups in total. The van der Waals surface area contributed by atoms with E-state index in [-0.39, 0.29) is 32.5 Å². The van der Waals surface area contributed by atoms with Crippen molar-refractivity contribution in [3.63, 3.8) is 0 Å². The molecule has 0 atom stereocenters. The van der Waals surface area contributed by atoms with Gasteiger partial charge in [0.2, 0.25) is 0 Å². The topological polar surface area (TPSA) is 0 Å². The summed E-state index contributed by atoms with van der Waals surface area (Å²) in [5, 5.41) is 7.87. The van der Waals surface area contributed by atoms with E-state index < -0.39 is 0 Å². The Morgan fingerprint density at radius 2 is 0.489 bits per heavy atom. The molecular formula is C88H80. The summed E-state index contributed by atoms with van der Waals surface area (Å²) in [6, 6.07) is 76.8. The number of benzene rings is 12. The van der Waals surface area contributed by atoms with Crippen molar-refractivity contribution < 1.29 is 0 Å². The second-order valence-electron chi connectivity index (χ2n) is 31.6. The summed E-state index contributed by atoms with van der Waals surface area (Å²) < 4.78 is 0. The van der Waals surface area contributed by atoms with Crippen molar-refractivity contribution in [2.75, 3.05) is 0 Å². The normalized spacial score (nSPS) is 14.8. The largest absolute Gasteiger partial charge is 0.0622 e. The van der Waals surface area contributed by atoms with Gasteiger partial charge in [-0.1, -0.05) is 293 Å². The Morgan fingerprint density at radius 3 is 0.807 bits per heavy atom. The van der Waals surface area contributed by atoms with Crippen molar-refractivity contribution in [1.29, 1.82) is 0 Å².